The number of hydrogen-bond donors (Lipinski definition) is 4. The third-order valence-corrected chi connectivity index (χ3v) is 9.05. The largest absolute Gasteiger partial charge is 0.507 e. The van der Waals surface area contributed by atoms with Crippen LogP contribution >= 0.6 is 35.1 Å². The molecule has 3 aromatic rings. The molecule has 2 aliphatic rings. The zero-order valence-electron chi connectivity index (χ0n) is 21.2. The molecule has 13 nitrogen and oxygen atoms in total. The molecule has 5 rings (SSSR count). The van der Waals surface area contributed by atoms with Crippen molar-refractivity contribution in [1.82, 2.24) is 35.7 Å². The smallest absolute Gasteiger partial charge is 0.352 e. The molecule has 0 radical (unpaired) electrons. The topological polar surface area (TPSA) is 180 Å². The molecule has 3 amide bonds. The molecule has 3 heterocycles. The normalized spacial score (nSPS) is 18.8. The van der Waals surface area contributed by atoms with Gasteiger partial charge in [0.2, 0.25) is 11.1 Å². The van der Waals surface area contributed by atoms with Gasteiger partial charge < -0.3 is 20.8 Å². The highest BCUT2D eigenvalue weighted by atomic mass is 35.5. The molecule has 212 valence electrons. The molecule has 1 unspecified atom stereocenters. The van der Waals surface area contributed by atoms with E-state index in [0.717, 1.165) is 0 Å². The number of aliphatic carboxylic acids is 1. The van der Waals surface area contributed by atoms with Crippen LogP contribution in [0.4, 0.5) is 0 Å². The number of halogens is 1. The number of carboxylic acids is 1. The van der Waals surface area contributed by atoms with Crippen LogP contribution in [0.3, 0.4) is 0 Å². The van der Waals surface area contributed by atoms with E-state index >= 15 is 0 Å². The molecule has 1 aromatic heterocycles. The Bertz CT molecular complexity index is 1570. The molecular weight excluding hydrogens is 594 g/mol. The molecule has 1 saturated heterocycles. The first-order valence-corrected chi connectivity index (χ1v) is 14.5. The molecular formula is C25H22ClN7O6S2. The minimum Gasteiger partial charge on any atom is -0.507 e. The summed E-state index contributed by atoms with van der Waals surface area (Å²) in [6, 6.07) is 10.1. The molecule has 0 saturated carbocycles. The summed E-state index contributed by atoms with van der Waals surface area (Å²) in [5.74, 6) is -3.02. The number of thioether (sulfide) groups is 2. The van der Waals surface area contributed by atoms with Crippen molar-refractivity contribution in [2.45, 2.75) is 22.6 Å². The third kappa shape index (κ3) is 5.73. The number of rotatable bonds is 9. The number of carboxylic acid groups (broad SMARTS) is 1. The van der Waals surface area contributed by atoms with Gasteiger partial charge >= 0.3 is 5.97 Å². The molecule has 2 aliphatic heterocycles. The van der Waals surface area contributed by atoms with Crippen LogP contribution in [-0.4, -0.2) is 81.9 Å². The van der Waals surface area contributed by atoms with Gasteiger partial charge in [-0.05, 0) is 39.8 Å². The minimum atomic E-state index is -1.25. The molecule has 41 heavy (non-hydrogen) atoms. The molecule has 0 aliphatic carbocycles. The number of β-lactam (4-membered cyclic amide) rings is 1. The summed E-state index contributed by atoms with van der Waals surface area (Å²) in [5, 5.41) is 36.7. The predicted molar refractivity (Wildman–Crippen MR) is 149 cm³/mol. The zero-order valence-corrected chi connectivity index (χ0v) is 23.6. The number of benzene rings is 2. The molecule has 3 atom stereocenters. The SMILES string of the molecule is Cn1nnnc1SCC1=C(C(=O)O)N2C(=O)C(NC(=O)[C@@H](NC(=O)c3ccc(Cl)cc3O)c3ccccc3)[C@@H]2SC1. The number of aromatic nitrogens is 4. The number of fused-ring (bicyclic) bond motifs is 1. The van der Waals surface area contributed by atoms with Crippen molar-refractivity contribution >= 4 is 58.8 Å². The second-order valence-corrected chi connectivity index (χ2v) is 11.5. The van der Waals surface area contributed by atoms with Crippen LogP contribution in [0.5, 0.6) is 5.75 Å². The summed E-state index contributed by atoms with van der Waals surface area (Å²) in [5.41, 5.74) is 0.756. The van der Waals surface area contributed by atoms with Crippen molar-refractivity contribution in [3.63, 3.8) is 0 Å². The Morgan fingerprint density at radius 3 is 2.63 bits per heavy atom. The number of amides is 3. The average Bonchev–Trinajstić information content (AvgIpc) is 3.37. The Morgan fingerprint density at radius 2 is 1.98 bits per heavy atom. The number of nitrogens with one attached hydrogen (secondary N) is 2. The van der Waals surface area contributed by atoms with Crippen LogP contribution in [0.1, 0.15) is 22.0 Å². The van der Waals surface area contributed by atoms with E-state index in [1.54, 1.807) is 37.4 Å². The second-order valence-electron chi connectivity index (χ2n) is 9.01. The number of aromatic hydroxyl groups is 1. The summed E-state index contributed by atoms with van der Waals surface area (Å²) in [4.78, 5) is 53.0. The Labute approximate surface area is 246 Å². The van der Waals surface area contributed by atoms with E-state index in [1.165, 1.54) is 51.3 Å². The van der Waals surface area contributed by atoms with Gasteiger partial charge in [0.05, 0.1) is 5.56 Å². The quantitative estimate of drug-likeness (QED) is 0.203. The van der Waals surface area contributed by atoms with Gasteiger partial charge in [0.1, 0.15) is 28.9 Å². The van der Waals surface area contributed by atoms with E-state index in [9.17, 15) is 29.4 Å². The maximum atomic E-state index is 13.5. The predicted octanol–water partition coefficient (Wildman–Crippen LogP) is 1.57. The first kappa shape index (κ1) is 28.4. The highest BCUT2D eigenvalue weighted by Crippen LogP contribution is 2.41. The number of hydrogen-bond acceptors (Lipinski definition) is 10. The van der Waals surface area contributed by atoms with Crippen LogP contribution in [0.25, 0.3) is 0 Å². The summed E-state index contributed by atoms with van der Waals surface area (Å²) in [7, 11) is 1.66. The van der Waals surface area contributed by atoms with E-state index in [1.807, 2.05) is 0 Å². The van der Waals surface area contributed by atoms with Crippen molar-refractivity contribution in [1.29, 1.82) is 0 Å². The van der Waals surface area contributed by atoms with Crippen LogP contribution in [0.2, 0.25) is 5.02 Å². The number of phenolic OH excluding ortho intramolecular Hbond substituents is 1. The third-order valence-electron chi connectivity index (χ3n) is 6.38. The Kier molecular flexibility index (Phi) is 8.19. The lowest BCUT2D eigenvalue weighted by molar-refractivity contribution is -0.151. The van der Waals surface area contributed by atoms with Crippen LogP contribution in [-0.2, 0) is 21.4 Å². The highest BCUT2D eigenvalue weighted by molar-refractivity contribution is 8.01. The Morgan fingerprint density at radius 1 is 1.22 bits per heavy atom. The van der Waals surface area contributed by atoms with E-state index in [0.29, 0.717) is 22.0 Å². The number of aryl methyl sites for hydroxylation is 1. The molecule has 4 N–H and O–H groups in total. The number of phenols is 1. The van der Waals surface area contributed by atoms with Crippen molar-refractivity contribution in [2.75, 3.05) is 11.5 Å². The van der Waals surface area contributed by atoms with Gasteiger partial charge in [-0.25, -0.2) is 9.48 Å². The van der Waals surface area contributed by atoms with E-state index < -0.39 is 41.1 Å². The first-order valence-electron chi connectivity index (χ1n) is 12.1. The van der Waals surface area contributed by atoms with Crippen molar-refractivity contribution in [3.05, 3.63) is 76.0 Å². The van der Waals surface area contributed by atoms with Gasteiger partial charge in [-0.15, -0.1) is 16.9 Å². The van der Waals surface area contributed by atoms with Gasteiger partial charge in [-0.1, -0.05) is 53.7 Å². The molecule has 0 bridgehead atoms. The van der Waals surface area contributed by atoms with Gasteiger partial charge in [0.25, 0.3) is 11.8 Å². The number of nitrogens with zero attached hydrogens (tertiary/aromatic N) is 5. The van der Waals surface area contributed by atoms with Crippen molar-refractivity contribution in [2.24, 2.45) is 7.05 Å². The maximum Gasteiger partial charge on any atom is 0.352 e. The zero-order chi connectivity index (χ0) is 29.3. The fourth-order valence-electron chi connectivity index (χ4n) is 4.38. The lowest BCUT2D eigenvalue weighted by Crippen LogP contribution is -2.71. The number of carbonyl (C=O) groups is 4. The molecule has 16 heteroatoms. The van der Waals surface area contributed by atoms with Gasteiger partial charge in [0, 0.05) is 23.6 Å². The Hall–Kier alpha value is -4.08. The number of tetrazole rings is 1. The molecule has 2 aromatic carbocycles. The van der Waals surface area contributed by atoms with Crippen LogP contribution in [0, 0.1) is 0 Å². The summed E-state index contributed by atoms with van der Waals surface area (Å²) in [6.45, 7) is 0. The van der Waals surface area contributed by atoms with E-state index in [-0.39, 0.29) is 27.8 Å². The van der Waals surface area contributed by atoms with E-state index in [4.69, 9.17) is 11.6 Å². The average molecular weight is 616 g/mol. The van der Waals surface area contributed by atoms with Crippen LogP contribution in [0.15, 0.2) is 65.0 Å². The first-order chi connectivity index (χ1) is 19.7. The Balaban J connectivity index is 1.33. The maximum absolute atomic E-state index is 13.5. The van der Waals surface area contributed by atoms with Crippen LogP contribution < -0.4 is 10.6 Å². The molecule has 1 fully saturated rings. The summed E-state index contributed by atoms with van der Waals surface area (Å²) in [6.07, 6.45) is 0. The van der Waals surface area contributed by atoms with Gasteiger partial charge in [-0.3, -0.25) is 19.3 Å². The lowest BCUT2D eigenvalue weighted by atomic mass is 10.0. The summed E-state index contributed by atoms with van der Waals surface area (Å²) < 4.78 is 1.46. The standard InChI is InChI=1S/C25H22ClN7O6S2/c1-32-25(29-30-31-32)41-11-13-10-40-23-18(22(37)33(23)19(13)24(38)39)28-21(36)17(12-5-3-2-4-6-12)27-20(35)15-8-7-14(26)9-16(15)34/h2-9,17-18,23,34H,10-11H2,1H3,(H,27,35)(H,28,36)(H,38,39)/t17-,18?,23-/m0/s1. The number of carbonyl (C=O) groups excluding carboxylic acids is 3. The molecule has 0 spiro atoms. The van der Waals surface area contributed by atoms with Gasteiger partial charge in [0.15, 0.2) is 0 Å². The van der Waals surface area contributed by atoms with Gasteiger partial charge in [-0.2, -0.15) is 0 Å². The summed E-state index contributed by atoms with van der Waals surface area (Å²) >= 11 is 8.44. The minimum absolute atomic E-state index is 0.0874. The fraction of sp³-hybridized carbons (Fsp3) is 0.240. The highest BCUT2D eigenvalue weighted by Gasteiger charge is 2.54. The van der Waals surface area contributed by atoms with Crippen molar-refractivity contribution < 1.29 is 29.4 Å². The lowest BCUT2D eigenvalue weighted by Gasteiger charge is -2.49. The van der Waals surface area contributed by atoms with Crippen molar-refractivity contribution in [3.8, 4) is 5.75 Å². The second kappa shape index (κ2) is 11.8. The fourth-order valence-corrected chi connectivity index (χ4v) is 6.88. The van der Waals surface area contributed by atoms with E-state index in [2.05, 4.69) is 26.2 Å². The monoisotopic (exact) mass is 615 g/mol.